The molecule has 0 bridgehead atoms. The summed E-state index contributed by atoms with van der Waals surface area (Å²) >= 11 is 0. The van der Waals surface area contributed by atoms with Gasteiger partial charge in [0.05, 0.1) is 5.92 Å². The number of amides is 1. The Morgan fingerprint density at radius 1 is 1.50 bits per heavy atom. The van der Waals surface area contributed by atoms with Crippen LogP contribution in [0.15, 0.2) is 0 Å². The topological polar surface area (TPSA) is 92.4 Å². The Kier molecular flexibility index (Phi) is 5.87. The van der Waals surface area contributed by atoms with Gasteiger partial charge in [-0.25, -0.2) is 0 Å². The van der Waals surface area contributed by atoms with Crippen LogP contribution in [0, 0.1) is 5.92 Å². The molecule has 2 atom stereocenters. The maximum atomic E-state index is 11.2. The predicted octanol–water partition coefficient (Wildman–Crippen LogP) is -0.0493. The van der Waals surface area contributed by atoms with E-state index in [1.54, 1.807) is 6.92 Å². The van der Waals surface area contributed by atoms with E-state index < -0.39 is 11.9 Å². The van der Waals surface area contributed by atoms with E-state index in [0.717, 1.165) is 6.42 Å². The molecule has 0 rings (SSSR count). The summed E-state index contributed by atoms with van der Waals surface area (Å²) in [5.74, 6) is -1.66. The SMILES string of the molecule is CCC(N)CC(=O)NCC(C)C(=O)O. The van der Waals surface area contributed by atoms with E-state index in [-0.39, 0.29) is 24.9 Å². The van der Waals surface area contributed by atoms with Gasteiger partial charge in [-0.15, -0.1) is 0 Å². The number of carbonyl (C=O) groups excluding carboxylic acids is 1. The average molecular weight is 202 g/mol. The smallest absolute Gasteiger partial charge is 0.308 e. The number of aliphatic carboxylic acids is 1. The van der Waals surface area contributed by atoms with Crippen molar-refractivity contribution < 1.29 is 14.7 Å². The lowest BCUT2D eigenvalue weighted by atomic mass is 10.1. The molecule has 0 aliphatic heterocycles. The quantitative estimate of drug-likeness (QED) is 0.563. The minimum atomic E-state index is -0.912. The van der Waals surface area contributed by atoms with Gasteiger partial charge in [-0.05, 0) is 6.42 Å². The molecular weight excluding hydrogens is 184 g/mol. The first-order chi connectivity index (χ1) is 6.47. The van der Waals surface area contributed by atoms with E-state index in [9.17, 15) is 9.59 Å². The molecule has 0 aliphatic carbocycles. The van der Waals surface area contributed by atoms with Crippen LogP contribution in [0.4, 0.5) is 0 Å². The number of nitrogens with two attached hydrogens (primary N) is 1. The first-order valence-corrected chi connectivity index (χ1v) is 4.72. The minimum Gasteiger partial charge on any atom is -0.481 e. The number of hydrogen-bond donors (Lipinski definition) is 3. The van der Waals surface area contributed by atoms with E-state index in [2.05, 4.69) is 5.32 Å². The lowest BCUT2D eigenvalue weighted by Gasteiger charge is -2.10. The average Bonchev–Trinajstić information content (AvgIpc) is 2.13. The van der Waals surface area contributed by atoms with Crippen molar-refractivity contribution in [3.63, 3.8) is 0 Å². The molecule has 14 heavy (non-hydrogen) atoms. The van der Waals surface area contributed by atoms with Crippen LogP contribution in [-0.4, -0.2) is 29.6 Å². The van der Waals surface area contributed by atoms with Gasteiger partial charge in [0.15, 0.2) is 0 Å². The van der Waals surface area contributed by atoms with Crippen LogP contribution in [0.1, 0.15) is 26.7 Å². The number of rotatable bonds is 6. The summed E-state index contributed by atoms with van der Waals surface area (Å²) in [6, 6.07) is -0.143. The van der Waals surface area contributed by atoms with Gasteiger partial charge >= 0.3 is 5.97 Å². The second kappa shape index (κ2) is 6.37. The summed E-state index contributed by atoms with van der Waals surface area (Å²) in [7, 11) is 0. The third-order valence-corrected chi connectivity index (χ3v) is 2.00. The number of carboxylic acid groups (broad SMARTS) is 1. The summed E-state index contributed by atoms with van der Waals surface area (Å²) in [5.41, 5.74) is 5.56. The highest BCUT2D eigenvalue weighted by atomic mass is 16.4. The molecule has 5 heteroatoms. The molecule has 82 valence electrons. The monoisotopic (exact) mass is 202 g/mol. The maximum Gasteiger partial charge on any atom is 0.308 e. The Balaban J connectivity index is 3.69. The lowest BCUT2D eigenvalue weighted by molar-refractivity contribution is -0.141. The molecule has 0 fully saturated rings. The first kappa shape index (κ1) is 12.9. The molecule has 1 amide bonds. The normalized spacial score (nSPS) is 14.5. The summed E-state index contributed by atoms with van der Waals surface area (Å²) in [5, 5.41) is 11.1. The van der Waals surface area contributed by atoms with Crippen LogP contribution in [0.3, 0.4) is 0 Å². The zero-order valence-electron chi connectivity index (χ0n) is 8.62. The number of carboxylic acids is 1. The van der Waals surface area contributed by atoms with Crippen LogP contribution in [0.5, 0.6) is 0 Å². The van der Waals surface area contributed by atoms with Crippen LogP contribution >= 0.6 is 0 Å². The molecular formula is C9H18N2O3. The lowest BCUT2D eigenvalue weighted by Crippen LogP contribution is -2.35. The van der Waals surface area contributed by atoms with Crippen molar-refractivity contribution in [2.45, 2.75) is 32.7 Å². The third kappa shape index (κ3) is 5.53. The van der Waals surface area contributed by atoms with E-state index in [1.165, 1.54) is 0 Å². The highest BCUT2D eigenvalue weighted by molar-refractivity contribution is 5.77. The van der Waals surface area contributed by atoms with E-state index in [4.69, 9.17) is 10.8 Å². The van der Waals surface area contributed by atoms with Crippen molar-refractivity contribution in [2.75, 3.05) is 6.54 Å². The molecule has 0 saturated carbocycles. The third-order valence-electron chi connectivity index (χ3n) is 2.00. The molecule has 2 unspecified atom stereocenters. The van der Waals surface area contributed by atoms with Gasteiger partial charge < -0.3 is 16.2 Å². The largest absolute Gasteiger partial charge is 0.481 e. The molecule has 0 aromatic heterocycles. The highest BCUT2D eigenvalue weighted by Crippen LogP contribution is 1.95. The molecule has 0 radical (unpaired) electrons. The Bertz CT molecular complexity index is 206. The zero-order chi connectivity index (χ0) is 11.1. The molecule has 0 spiro atoms. The van der Waals surface area contributed by atoms with Crippen LogP contribution in [0.25, 0.3) is 0 Å². The van der Waals surface area contributed by atoms with Gasteiger partial charge in [-0.1, -0.05) is 13.8 Å². The van der Waals surface area contributed by atoms with Crippen LogP contribution in [0.2, 0.25) is 0 Å². The van der Waals surface area contributed by atoms with Gasteiger partial charge in [0.2, 0.25) is 5.91 Å². The Labute approximate surface area is 83.7 Å². The first-order valence-electron chi connectivity index (χ1n) is 4.72. The van der Waals surface area contributed by atoms with Gasteiger partial charge in [0.25, 0.3) is 0 Å². The molecule has 0 saturated heterocycles. The van der Waals surface area contributed by atoms with Gasteiger partial charge in [0, 0.05) is 19.0 Å². The summed E-state index contributed by atoms with van der Waals surface area (Å²) in [6.07, 6.45) is 0.991. The van der Waals surface area contributed by atoms with Crippen LogP contribution in [-0.2, 0) is 9.59 Å². The fraction of sp³-hybridized carbons (Fsp3) is 0.778. The van der Waals surface area contributed by atoms with Crippen LogP contribution < -0.4 is 11.1 Å². The molecule has 5 nitrogen and oxygen atoms in total. The van der Waals surface area contributed by atoms with E-state index in [1.807, 2.05) is 6.92 Å². The van der Waals surface area contributed by atoms with E-state index in [0.29, 0.717) is 0 Å². The molecule has 0 heterocycles. The standard InChI is InChI=1S/C9H18N2O3/c1-3-7(10)4-8(12)11-5-6(2)9(13)14/h6-7H,3-5,10H2,1-2H3,(H,11,12)(H,13,14). The Hall–Kier alpha value is -1.10. The van der Waals surface area contributed by atoms with Gasteiger partial charge in [0.1, 0.15) is 0 Å². The van der Waals surface area contributed by atoms with Crippen molar-refractivity contribution in [3.05, 3.63) is 0 Å². The van der Waals surface area contributed by atoms with E-state index >= 15 is 0 Å². The fourth-order valence-electron chi connectivity index (χ4n) is 0.809. The molecule has 0 aliphatic rings. The molecule has 4 N–H and O–H groups in total. The fourth-order valence-corrected chi connectivity index (χ4v) is 0.809. The predicted molar refractivity (Wildman–Crippen MR) is 52.7 cm³/mol. The van der Waals surface area contributed by atoms with Crippen molar-refractivity contribution >= 4 is 11.9 Å². The Morgan fingerprint density at radius 2 is 2.07 bits per heavy atom. The summed E-state index contributed by atoms with van der Waals surface area (Å²) in [6.45, 7) is 3.60. The number of hydrogen-bond acceptors (Lipinski definition) is 3. The second-order valence-electron chi connectivity index (χ2n) is 3.42. The van der Waals surface area contributed by atoms with Crippen molar-refractivity contribution in [1.29, 1.82) is 0 Å². The highest BCUT2D eigenvalue weighted by Gasteiger charge is 2.13. The van der Waals surface area contributed by atoms with Gasteiger partial charge in [-0.2, -0.15) is 0 Å². The second-order valence-corrected chi connectivity index (χ2v) is 3.42. The summed E-state index contributed by atoms with van der Waals surface area (Å²) in [4.78, 5) is 21.6. The minimum absolute atomic E-state index is 0.143. The Morgan fingerprint density at radius 3 is 2.50 bits per heavy atom. The van der Waals surface area contributed by atoms with Crippen molar-refractivity contribution in [3.8, 4) is 0 Å². The zero-order valence-corrected chi connectivity index (χ0v) is 8.62. The molecule has 0 aromatic carbocycles. The van der Waals surface area contributed by atoms with Crippen molar-refractivity contribution in [2.24, 2.45) is 11.7 Å². The van der Waals surface area contributed by atoms with Gasteiger partial charge in [-0.3, -0.25) is 9.59 Å². The van der Waals surface area contributed by atoms with Crippen molar-refractivity contribution in [1.82, 2.24) is 5.32 Å². The number of carbonyl (C=O) groups is 2. The maximum absolute atomic E-state index is 11.2. The molecule has 0 aromatic rings. The summed E-state index contributed by atoms with van der Waals surface area (Å²) < 4.78 is 0. The number of nitrogens with one attached hydrogen (secondary N) is 1.